The first-order valence-electron chi connectivity index (χ1n) is 10.5. The van der Waals surface area contributed by atoms with Gasteiger partial charge >= 0.3 is 0 Å². The third kappa shape index (κ3) is 4.51. The lowest BCUT2D eigenvalue weighted by Gasteiger charge is -2.33. The molecule has 0 radical (unpaired) electrons. The molecule has 5 rings (SSSR count). The summed E-state index contributed by atoms with van der Waals surface area (Å²) in [4.78, 5) is 16.1. The number of nitrogens with one attached hydrogen (secondary N) is 2. The number of H-pyrrole nitrogens is 2. The van der Waals surface area contributed by atoms with E-state index in [-0.39, 0.29) is 5.82 Å². The largest absolute Gasteiger partial charge is 0.357 e. The molecular weight excluding hydrogens is 401 g/mol. The molecular formula is C23H27ClFN5. The number of para-hydroxylation sites is 1. The van der Waals surface area contributed by atoms with Crippen molar-refractivity contribution in [2.75, 3.05) is 26.2 Å². The summed E-state index contributed by atoms with van der Waals surface area (Å²) in [6, 6.07) is 13.4. The summed E-state index contributed by atoms with van der Waals surface area (Å²) in [7, 11) is 0. The lowest BCUT2D eigenvalue weighted by atomic mass is 10.2. The fraction of sp³-hybridized carbons (Fsp3) is 0.348. The van der Waals surface area contributed by atoms with Gasteiger partial charge in [0.05, 0.1) is 17.1 Å². The van der Waals surface area contributed by atoms with Gasteiger partial charge in [0.1, 0.15) is 17.2 Å². The lowest BCUT2D eigenvalue weighted by Crippen LogP contribution is -2.45. The van der Waals surface area contributed by atoms with E-state index >= 15 is 0 Å². The van der Waals surface area contributed by atoms with E-state index in [0.717, 1.165) is 38.5 Å². The summed E-state index contributed by atoms with van der Waals surface area (Å²) < 4.78 is 13.5. The molecule has 2 N–H and O–H groups in total. The van der Waals surface area contributed by atoms with Crippen molar-refractivity contribution >= 4 is 33.5 Å². The van der Waals surface area contributed by atoms with Crippen molar-refractivity contribution in [2.24, 2.45) is 0 Å². The van der Waals surface area contributed by atoms with Gasteiger partial charge in [0.2, 0.25) is 0 Å². The van der Waals surface area contributed by atoms with Crippen molar-refractivity contribution in [3.63, 3.8) is 0 Å². The SMILES string of the molecule is CC.Fc1cc(Cl)c2nc(CN3CCN(Cc4cc5ccccc5[nH]4)CC3)[nH]c2c1. The average Bonchev–Trinajstić information content (AvgIpc) is 3.34. The zero-order chi connectivity index (χ0) is 21.1. The van der Waals surface area contributed by atoms with Gasteiger partial charge in [-0.2, -0.15) is 0 Å². The van der Waals surface area contributed by atoms with E-state index in [1.807, 2.05) is 13.8 Å². The molecule has 0 amide bonds. The van der Waals surface area contributed by atoms with Crippen LogP contribution in [0.5, 0.6) is 0 Å². The Labute approximate surface area is 180 Å². The standard InChI is InChI=1S/C21H21ClFN5.C2H6/c22-17-10-15(23)11-19-21(17)26-20(25-19)13-28-7-5-27(6-8-28)12-16-9-14-3-1-2-4-18(14)24-16;1-2/h1-4,9-11,24H,5-8,12-13H2,(H,25,26);1-2H3. The number of halogens is 2. The number of imidazole rings is 1. The van der Waals surface area contributed by atoms with E-state index in [0.29, 0.717) is 22.6 Å². The van der Waals surface area contributed by atoms with Gasteiger partial charge in [-0.05, 0) is 29.7 Å². The molecule has 158 valence electrons. The number of aromatic amines is 2. The van der Waals surface area contributed by atoms with Crippen LogP contribution in [-0.4, -0.2) is 50.9 Å². The summed E-state index contributed by atoms with van der Waals surface area (Å²) in [6.07, 6.45) is 0. The van der Waals surface area contributed by atoms with Crippen LogP contribution in [-0.2, 0) is 13.1 Å². The van der Waals surface area contributed by atoms with Crippen LogP contribution in [0.2, 0.25) is 5.02 Å². The molecule has 2 aromatic heterocycles. The molecule has 0 aliphatic carbocycles. The number of benzene rings is 2. The van der Waals surface area contributed by atoms with Gasteiger partial charge in [0, 0.05) is 43.9 Å². The molecule has 1 saturated heterocycles. The maximum absolute atomic E-state index is 13.5. The minimum Gasteiger partial charge on any atom is -0.357 e. The molecule has 5 nitrogen and oxygen atoms in total. The van der Waals surface area contributed by atoms with E-state index in [2.05, 4.69) is 55.1 Å². The summed E-state index contributed by atoms with van der Waals surface area (Å²) in [5.41, 5.74) is 3.73. The van der Waals surface area contributed by atoms with E-state index < -0.39 is 0 Å². The van der Waals surface area contributed by atoms with Gasteiger partial charge in [0.15, 0.2) is 0 Å². The predicted molar refractivity (Wildman–Crippen MR) is 121 cm³/mol. The summed E-state index contributed by atoms with van der Waals surface area (Å²) in [6.45, 7) is 9.60. The van der Waals surface area contributed by atoms with Gasteiger partial charge in [-0.3, -0.25) is 9.80 Å². The third-order valence-corrected chi connectivity index (χ3v) is 5.66. The van der Waals surface area contributed by atoms with Crippen LogP contribution in [0.1, 0.15) is 25.4 Å². The topological polar surface area (TPSA) is 51.0 Å². The fourth-order valence-corrected chi connectivity index (χ4v) is 4.19. The Morgan fingerprint density at radius 3 is 2.37 bits per heavy atom. The van der Waals surface area contributed by atoms with Gasteiger partial charge in [-0.25, -0.2) is 9.37 Å². The Morgan fingerprint density at radius 1 is 0.933 bits per heavy atom. The molecule has 1 aliphatic heterocycles. The average molecular weight is 428 g/mol. The zero-order valence-corrected chi connectivity index (χ0v) is 18.1. The number of fused-ring (bicyclic) bond motifs is 2. The highest BCUT2D eigenvalue weighted by Gasteiger charge is 2.19. The van der Waals surface area contributed by atoms with E-state index in [4.69, 9.17) is 11.6 Å². The van der Waals surface area contributed by atoms with E-state index in [1.165, 1.54) is 28.7 Å². The van der Waals surface area contributed by atoms with Crippen LogP contribution in [0.3, 0.4) is 0 Å². The summed E-state index contributed by atoms with van der Waals surface area (Å²) >= 11 is 6.10. The Hall–Kier alpha value is -2.41. The minimum atomic E-state index is -0.349. The quantitative estimate of drug-likeness (QED) is 0.471. The van der Waals surface area contributed by atoms with Crippen LogP contribution >= 0.6 is 11.6 Å². The number of rotatable bonds is 4. The lowest BCUT2D eigenvalue weighted by molar-refractivity contribution is 0.119. The van der Waals surface area contributed by atoms with E-state index in [9.17, 15) is 4.39 Å². The Balaban J connectivity index is 0.00000106. The normalized spacial score (nSPS) is 15.5. The second-order valence-electron chi connectivity index (χ2n) is 7.40. The second kappa shape index (κ2) is 9.16. The zero-order valence-electron chi connectivity index (χ0n) is 17.4. The van der Waals surface area contributed by atoms with Gasteiger partial charge in [-0.15, -0.1) is 0 Å². The first-order valence-corrected chi connectivity index (χ1v) is 10.9. The van der Waals surface area contributed by atoms with Crippen molar-refractivity contribution in [1.82, 2.24) is 24.8 Å². The summed E-state index contributed by atoms with van der Waals surface area (Å²) in [5, 5.41) is 1.61. The van der Waals surface area contributed by atoms with Crippen LogP contribution in [0, 0.1) is 5.82 Å². The molecule has 0 unspecified atom stereocenters. The number of nitrogens with zero attached hydrogens (tertiary/aromatic N) is 3. The molecule has 30 heavy (non-hydrogen) atoms. The second-order valence-corrected chi connectivity index (χ2v) is 7.81. The van der Waals surface area contributed by atoms with Crippen molar-refractivity contribution < 1.29 is 4.39 Å². The third-order valence-electron chi connectivity index (χ3n) is 5.37. The van der Waals surface area contributed by atoms with Gasteiger partial charge in [-0.1, -0.05) is 43.6 Å². The maximum atomic E-state index is 13.5. The highest BCUT2D eigenvalue weighted by molar-refractivity contribution is 6.34. The smallest absolute Gasteiger partial charge is 0.126 e. The number of hydrogen-bond donors (Lipinski definition) is 2. The first kappa shape index (κ1) is 20.8. The molecule has 3 heterocycles. The van der Waals surface area contributed by atoms with Crippen molar-refractivity contribution in [2.45, 2.75) is 26.9 Å². The van der Waals surface area contributed by atoms with Crippen LogP contribution < -0.4 is 0 Å². The minimum absolute atomic E-state index is 0.348. The maximum Gasteiger partial charge on any atom is 0.126 e. The molecule has 0 spiro atoms. The highest BCUT2D eigenvalue weighted by atomic mass is 35.5. The highest BCUT2D eigenvalue weighted by Crippen LogP contribution is 2.23. The molecule has 1 aliphatic rings. The van der Waals surface area contributed by atoms with Gasteiger partial charge < -0.3 is 9.97 Å². The molecule has 0 atom stereocenters. The fourth-order valence-electron chi connectivity index (χ4n) is 3.95. The number of piperazine rings is 1. The Kier molecular flexibility index (Phi) is 6.37. The Bertz CT molecular complexity index is 1090. The van der Waals surface area contributed by atoms with Crippen molar-refractivity contribution in [3.8, 4) is 0 Å². The van der Waals surface area contributed by atoms with Crippen LogP contribution in [0.4, 0.5) is 4.39 Å². The first-order chi connectivity index (χ1) is 14.6. The molecule has 1 fully saturated rings. The summed E-state index contributed by atoms with van der Waals surface area (Å²) in [5.74, 6) is 0.477. The van der Waals surface area contributed by atoms with Gasteiger partial charge in [0.25, 0.3) is 0 Å². The van der Waals surface area contributed by atoms with E-state index in [1.54, 1.807) is 0 Å². The molecule has 4 aromatic rings. The molecule has 0 saturated carbocycles. The van der Waals surface area contributed by atoms with Crippen LogP contribution in [0.25, 0.3) is 21.9 Å². The predicted octanol–water partition coefficient (Wildman–Crippen LogP) is 5.18. The van der Waals surface area contributed by atoms with Crippen molar-refractivity contribution in [1.29, 1.82) is 0 Å². The van der Waals surface area contributed by atoms with Crippen molar-refractivity contribution in [3.05, 3.63) is 64.8 Å². The van der Waals surface area contributed by atoms with Crippen LogP contribution in [0.15, 0.2) is 42.5 Å². The molecule has 2 aromatic carbocycles. The molecule has 7 heteroatoms. The number of aromatic nitrogens is 3. The number of hydrogen-bond acceptors (Lipinski definition) is 3. The monoisotopic (exact) mass is 427 g/mol. The Morgan fingerprint density at radius 2 is 1.63 bits per heavy atom. The molecule has 0 bridgehead atoms.